The van der Waals surface area contributed by atoms with Gasteiger partial charge >= 0.3 is 0 Å². The summed E-state index contributed by atoms with van der Waals surface area (Å²) in [6.45, 7) is 6.59. The molecule has 0 aliphatic carbocycles. The molecule has 1 atom stereocenters. The van der Waals surface area contributed by atoms with E-state index in [4.69, 9.17) is 5.11 Å². The van der Waals surface area contributed by atoms with Gasteiger partial charge in [-0.05, 0) is 33.6 Å². The van der Waals surface area contributed by atoms with E-state index in [2.05, 4.69) is 48.0 Å². The number of aliphatic hydroxyl groups excluding tert-OH is 1. The fourth-order valence-corrected chi connectivity index (χ4v) is 2.78. The van der Waals surface area contributed by atoms with Crippen molar-refractivity contribution in [3.05, 3.63) is 28.2 Å². The van der Waals surface area contributed by atoms with E-state index in [-0.39, 0.29) is 12.5 Å². The lowest BCUT2D eigenvalue weighted by Gasteiger charge is -2.12. The molecule has 3 heteroatoms. The number of hydrogen-bond donors (Lipinski definition) is 1. The Balaban J connectivity index is 2.88. The standard InChI is InChI=1S/C12H17BrOS/c1-8(2)15-12-5-4-10(6-11(12)13)9(3)7-14/h4-6,8-9,14H,7H2,1-3H3. The second-order valence-electron chi connectivity index (χ2n) is 3.94. The highest BCUT2D eigenvalue weighted by Crippen LogP contribution is 2.32. The molecule has 0 bridgehead atoms. The minimum Gasteiger partial charge on any atom is -0.396 e. The van der Waals surface area contributed by atoms with Gasteiger partial charge in [0.1, 0.15) is 0 Å². The average Bonchev–Trinajstić information content (AvgIpc) is 2.19. The van der Waals surface area contributed by atoms with Gasteiger partial charge in [0, 0.05) is 27.1 Å². The minimum atomic E-state index is 0.198. The van der Waals surface area contributed by atoms with Gasteiger partial charge in [-0.25, -0.2) is 0 Å². The third kappa shape index (κ3) is 3.82. The summed E-state index contributed by atoms with van der Waals surface area (Å²) in [5.74, 6) is 0.208. The fourth-order valence-electron chi connectivity index (χ4n) is 1.28. The third-order valence-electron chi connectivity index (χ3n) is 2.16. The number of benzene rings is 1. The highest BCUT2D eigenvalue weighted by molar-refractivity contribution is 9.10. The monoisotopic (exact) mass is 288 g/mol. The number of thioether (sulfide) groups is 1. The van der Waals surface area contributed by atoms with E-state index >= 15 is 0 Å². The van der Waals surface area contributed by atoms with Crippen molar-refractivity contribution in [2.45, 2.75) is 36.8 Å². The summed E-state index contributed by atoms with van der Waals surface area (Å²) in [7, 11) is 0. The lowest BCUT2D eigenvalue weighted by atomic mass is 10.0. The molecule has 0 spiro atoms. The van der Waals surface area contributed by atoms with Crippen LogP contribution >= 0.6 is 27.7 Å². The van der Waals surface area contributed by atoms with Crippen LogP contribution in [0.4, 0.5) is 0 Å². The molecule has 84 valence electrons. The summed E-state index contributed by atoms with van der Waals surface area (Å²) in [6, 6.07) is 6.32. The minimum absolute atomic E-state index is 0.198. The molecule has 1 rings (SSSR count). The van der Waals surface area contributed by atoms with E-state index in [1.807, 2.05) is 18.7 Å². The third-order valence-corrected chi connectivity index (χ3v) is 4.16. The summed E-state index contributed by atoms with van der Waals surface area (Å²) < 4.78 is 1.12. The highest BCUT2D eigenvalue weighted by Gasteiger charge is 2.08. The zero-order valence-corrected chi connectivity index (χ0v) is 11.7. The highest BCUT2D eigenvalue weighted by atomic mass is 79.9. The van der Waals surface area contributed by atoms with Crippen LogP contribution in [0.25, 0.3) is 0 Å². The molecule has 0 radical (unpaired) electrons. The molecule has 0 heterocycles. The zero-order chi connectivity index (χ0) is 11.4. The molecule has 0 aliphatic rings. The second kappa shape index (κ2) is 5.92. The Bertz CT molecular complexity index is 325. The van der Waals surface area contributed by atoms with Crippen molar-refractivity contribution in [1.82, 2.24) is 0 Å². The van der Waals surface area contributed by atoms with Crippen LogP contribution in [0.2, 0.25) is 0 Å². The number of halogens is 1. The molecule has 15 heavy (non-hydrogen) atoms. The molecule has 0 amide bonds. The van der Waals surface area contributed by atoms with E-state index in [0.717, 1.165) is 4.47 Å². The van der Waals surface area contributed by atoms with Gasteiger partial charge in [0.05, 0.1) is 0 Å². The van der Waals surface area contributed by atoms with Gasteiger partial charge in [0.2, 0.25) is 0 Å². The van der Waals surface area contributed by atoms with Crippen molar-refractivity contribution in [1.29, 1.82) is 0 Å². The zero-order valence-electron chi connectivity index (χ0n) is 9.33. The van der Waals surface area contributed by atoms with Gasteiger partial charge in [-0.1, -0.05) is 26.8 Å². The SMILES string of the molecule is CC(C)Sc1ccc(C(C)CO)cc1Br. The first kappa shape index (κ1) is 13.1. The molecule has 1 unspecified atom stereocenters. The molecule has 0 fully saturated rings. The van der Waals surface area contributed by atoms with Crippen molar-refractivity contribution in [2.24, 2.45) is 0 Å². The largest absolute Gasteiger partial charge is 0.396 e. The molecular weight excluding hydrogens is 272 g/mol. The number of hydrogen-bond acceptors (Lipinski definition) is 2. The summed E-state index contributed by atoms with van der Waals surface area (Å²) in [6.07, 6.45) is 0. The maximum atomic E-state index is 9.07. The molecule has 1 nitrogen and oxygen atoms in total. The molecule has 1 aromatic carbocycles. The van der Waals surface area contributed by atoms with Crippen LogP contribution in [0.5, 0.6) is 0 Å². The first-order valence-electron chi connectivity index (χ1n) is 5.11. The predicted molar refractivity (Wildman–Crippen MR) is 70.6 cm³/mol. The molecule has 0 saturated heterocycles. The predicted octanol–water partition coefficient (Wildman–Crippen LogP) is 4.05. The first-order valence-corrected chi connectivity index (χ1v) is 6.78. The van der Waals surface area contributed by atoms with Crippen LogP contribution in [0.15, 0.2) is 27.6 Å². The second-order valence-corrected chi connectivity index (χ2v) is 6.41. The van der Waals surface area contributed by atoms with Crippen LogP contribution in [0, 0.1) is 0 Å². The lowest BCUT2D eigenvalue weighted by Crippen LogP contribution is -1.99. The molecular formula is C12H17BrOS. The van der Waals surface area contributed by atoms with Crippen molar-refractivity contribution in [2.75, 3.05) is 6.61 Å². The van der Waals surface area contributed by atoms with Crippen LogP contribution in [0.1, 0.15) is 32.3 Å². The maximum Gasteiger partial charge on any atom is 0.0497 e. The molecule has 0 aliphatic heterocycles. The van der Waals surface area contributed by atoms with Gasteiger partial charge in [0.15, 0.2) is 0 Å². The Kier molecular flexibility index (Phi) is 5.16. The smallest absolute Gasteiger partial charge is 0.0497 e. The van der Waals surface area contributed by atoms with Crippen LogP contribution in [-0.4, -0.2) is 17.0 Å². The topological polar surface area (TPSA) is 20.2 Å². The average molecular weight is 289 g/mol. The van der Waals surface area contributed by atoms with Gasteiger partial charge in [0.25, 0.3) is 0 Å². The van der Waals surface area contributed by atoms with Crippen LogP contribution in [-0.2, 0) is 0 Å². The number of aliphatic hydroxyl groups is 1. The van der Waals surface area contributed by atoms with Gasteiger partial charge < -0.3 is 5.11 Å². The Morgan fingerprint density at radius 2 is 2.00 bits per heavy atom. The Labute approximate surface area is 104 Å². The van der Waals surface area contributed by atoms with Crippen LogP contribution < -0.4 is 0 Å². The van der Waals surface area contributed by atoms with Crippen molar-refractivity contribution < 1.29 is 5.11 Å². The Morgan fingerprint density at radius 1 is 1.33 bits per heavy atom. The Morgan fingerprint density at radius 3 is 2.47 bits per heavy atom. The van der Waals surface area contributed by atoms with E-state index in [9.17, 15) is 0 Å². The fraction of sp³-hybridized carbons (Fsp3) is 0.500. The summed E-state index contributed by atoms with van der Waals surface area (Å²) >= 11 is 5.41. The maximum absolute atomic E-state index is 9.07. The quantitative estimate of drug-likeness (QED) is 0.844. The van der Waals surface area contributed by atoms with Gasteiger partial charge in [-0.3, -0.25) is 0 Å². The van der Waals surface area contributed by atoms with Crippen molar-refractivity contribution in [3.63, 3.8) is 0 Å². The summed E-state index contributed by atoms with van der Waals surface area (Å²) in [5, 5.41) is 9.66. The Hall–Kier alpha value is 0.01000. The lowest BCUT2D eigenvalue weighted by molar-refractivity contribution is 0.273. The normalized spacial score (nSPS) is 13.2. The van der Waals surface area contributed by atoms with E-state index < -0.39 is 0 Å². The van der Waals surface area contributed by atoms with Crippen molar-refractivity contribution >= 4 is 27.7 Å². The first-order chi connectivity index (χ1) is 7.04. The molecule has 1 N–H and O–H groups in total. The van der Waals surface area contributed by atoms with Crippen molar-refractivity contribution in [3.8, 4) is 0 Å². The van der Waals surface area contributed by atoms with E-state index in [0.29, 0.717) is 5.25 Å². The summed E-state index contributed by atoms with van der Waals surface area (Å²) in [4.78, 5) is 1.26. The molecule has 0 aromatic heterocycles. The summed E-state index contributed by atoms with van der Waals surface area (Å²) in [5.41, 5.74) is 1.18. The molecule has 0 saturated carbocycles. The van der Waals surface area contributed by atoms with Gasteiger partial charge in [-0.15, -0.1) is 11.8 Å². The van der Waals surface area contributed by atoms with Crippen LogP contribution in [0.3, 0.4) is 0 Å². The number of rotatable bonds is 4. The van der Waals surface area contributed by atoms with Gasteiger partial charge in [-0.2, -0.15) is 0 Å². The van der Waals surface area contributed by atoms with E-state index in [1.165, 1.54) is 10.5 Å². The molecule has 1 aromatic rings. The van der Waals surface area contributed by atoms with E-state index in [1.54, 1.807) is 0 Å².